The molecule has 1 nitrogen and oxygen atoms in total. The van der Waals surface area contributed by atoms with Crippen LogP contribution in [0.2, 0.25) is 10.3 Å². The molecule has 78 valence electrons. The molecule has 3 heteroatoms. The highest BCUT2D eigenvalue weighted by molar-refractivity contribution is 6.35. The van der Waals surface area contributed by atoms with Gasteiger partial charge in [-0.05, 0) is 37.1 Å². The number of hydrogen-bond acceptors (Lipinski definition) is 0. The van der Waals surface area contributed by atoms with Crippen LogP contribution in [0, 0.1) is 13.8 Å². The third-order valence-corrected chi connectivity index (χ3v) is 3.49. The Bertz CT molecular complexity index is 461. The Kier molecular flexibility index (Phi) is 2.76. The summed E-state index contributed by atoms with van der Waals surface area (Å²) in [5.41, 5.74) is 3.06. The highest BCUT2D eigenvalue weighted by Gasteiger charge is 2.14. The molecule has 2 rings (SSSR count). The topological polar surface area (TPSA) is 4.93 Å². The maximum Gasteiger partial charge on any atom is 0.117 e. The number of benzene rings is 1. The van der Waals surface area contributed by atoms with Crippen LogP contribution in [0.25, 0.3) is 5.69 Å². The zero-order valence-corrected chi connectivity index (χ0v) is 10.1. The Morgan fingerprint density at radius 1 is 0.867 bits per heavy atom. The molecule has 0 saturated heterocycles. The molecule has 0 amide bonds. The molecule has 0 radical (unpaired) electrons. The maximum absolute atomic E-state index is 6.23. The number of rotatable bonds is 1. The smallest absolute Gasteiger partial charge is 0.117 e. The zero-order chi connectivity index (χ0) is 11.0. The van der Waals surface area contributed by atoms with Gasteiger partial charge in [-0.2, -0.15) is 0 Å². The van der Waals surface area contributed by atoms with Crippen molar-refractivity contribution in [2.75, 3.05) is 0 Å². The van der Waals surface area contributed by atoms with Gasteiger partial charge in [-0.15, -0.1) is 0 Å². The molecule has 0 aliphatic heterocycles. The summed E-state index contributed by atoms with van der Waals surface area (Å²) in [6.45, 7) is 3.95. The molecular weight excluding hydrogens is 229 g/mol. The highest BCUT2D eigenvalue weighted by atomic mass is 35.5. The third-order valence-electron chi connectivity index (χ3n) is 2.59. The molecule has 0 fully saturated rings. The number of nitrogens with zero attached hydrogens (tertiary/aromatic N) is 1. The van der Waals surface area contributed by atoms with E-state index in [0.29, 0.717) is 10.3 Å². The van der Waals surface area contributed by atoms with Gasteiger partial charge in [0.25, 0.3) is 0 Å². The van der Waals surface area contributed by atoms with Crippen molar-refractivity contribution in [2.45, 2.75) is 13.8 Å². The largest absolute Gasteiger partial charge is 0.290 e. The normalized spacial score (nSPS) is 10.7. The summed E-state index contributed by atoms with van der Waals surface area (Å²) < 4.78 is 1.85. The number of halogens is 2. The Morgan fingerprint density at radius 3 is 1.80 bits per heavy atom. The van der Waals surface area contributed by atoms with Crippen LogP contribution in [-0.2, 0) is 0 Å². The lowest BCUT2D eigenvalue weighted by atomic mass is 10.2. The second kappa shape index (κ2) is 3.92. The summed E-state index contributed by atoms with van der Waals surface area (Å²) in [4.78, 5) is 0. The fraction of sp³-hybridized carbons (Fsp3) is 0.167. The lowest BCUT2D eigenvalue weighted by Gasteiger charge is -2.06. The minimum atomic E-state index is 0.684. The maximum atomic E-state index is 6.23. The van der Waals surface area contributed by atoms with Crippen LogP contribution in [0.3, 0.4) is 0 Å². The minimum Gasteiger partial charge on any atom is -0.290 e. The first-order valence-electron chi connectivity index (χ1n) is 4.71. The molecule has 1 aromatic heterocycles. The Labute approximate surface area is 99.2 Å². The molecule has 15 heavy (non-hydrogen) atoms. The van der Waals surface area contributed by atoms with Gasteiger partial charge in [-0.3, -0.25) is 4.57 Å². The lowest BCUT2D eigenvalue weighted by molar-refractivity contribution is 1.07. The van der Waals surface area contributed by atoms with Gasteiger partial charge in [-0.1, -0.05) is 41.4 Å². The van der Waals surface area contributed by atoms with Gasteiger partial charge < -0.3 is 0 Å². The third kappa shape index (κ3) is 1.66. The minimum absolute atomic E-state index is 0.684. The van der Waals surface area contributed by atoms with Crippen LogP contribution in [-0.4, -0.2) is 4.57 Å². The molecule has 0 bridgehead atoms. The van der Waals surface area contributed by atoms with Crippen LogP contribution >= 0.6 is 23.2 Å². The summed E-state index contributed by atoms with van der Waals surface area (Å²) in [5, 5.41) is 1.37. The van der Waals surface area contributed by atoms with Crippen LogP contribution < -0.4 is 0 Å². The quantitative estimate of drug-likeness (QED) is 0.696. The Morgan fingerprint density at radius 2 is 1.33 bits per heavy atom. The number of hydrogen-bond donors (Lipinski definition) is 0. The first-order valence-corrected chi connectivity index (χ1v) is 5.47. The van der Waals surface area contributed by atoms with Crippen LogP contribution in [0.5, 0.6) is 0 Å². The monoisotopic (exact) mass is 239 g/mol. The van der Waals surface area contributed by atoms with E-state index in [1.54, 1.807) is 0 Å². The van der Waals surface area contributed by atoms with Crippen molar-refractivity contribution < 1.29 is 0 Å². The molecular formula is C12H11Cl2N. The van der Waals surface area contributed by atoms with Gasteiger partial charge in [0.05, 0.1) is 0 Å². The molecule has 0 saturated carbocycles. The SMILES string of the molecule is Cc1c(C)c(Cl)n(-c2ccccc2)c1Cl. The predicted octanol–water partition coefficient (Wildman–Crippen LogP) is 4.40. The van der Waals surface area contributed by atoms with E-state index in [1.807, 2.05) is 48.7 Å². The van der Waals surface area contributed by atoms with Gasteiger partial charge in [0.1, 0.15) is 10.3 Å². The van der Waals surface area contributed by atoms with Gasteiger partial charge in [0.2, 0.25) is 0 Å². The van der Waals surface area contributed by atoms with E-state index in [1.165, 1.54) is 0 Å². The molecule has 0 aliphatic carbocycles. The van der Waals surface area contributed by atoms with Gasteiger partial charge in [0, 0.05) is 5.69 Å². The van der Waals surface area contributed by atoms with Crippen molar-refractivity contribution in [3.63, 3.8) is 0 Å². The molecule has 0 aliphatic rings. The van der Waals surface area contributed by atoms with Crippen molar-refractivity contribution in [3.8, 4) is 5.69 Å². The van der Waals surface area contributed by atoms with Crippen molar-refractivity contribution in [1.82, 2.24) is 4.57 Å². The average molecular weight is 240 g/mol. The average Bonchev–Trinajstić information content (AvgIpc) is 2.45. The van der Waals surface area contributed by atoms with Gasteiger partial charge in [-0.25, -0.2) is 0 Å². The van der Waals surface area contributed by atoms with Crippen molar-refractivity contribution >= 4 is 23.2 Å². The zero-order valence-electron chi connectivity index (χ0n) is 8.59. The Hall–Kier alpha value is -0.920. The van der Waals surface area contributed by atoms with E-state index in [4.69, 9.17) is 23.2 Å². The molecule has 0 atom stereocenters. The summed E-state index contributed by atoms with van der Waals surface area (Å²) >= 11 is 12.5. The first-order chi connectivity index (χ1) is 7.13. The molecule has 2 aromatic rings. The number of aromatic nitrogens is 1. The second-order valence-electron chi connectivity index (χ2n) is 3.50. The predicted molar refractivity (Wildman–Crippen MR) is 65.3 cm³/mol. The highest BCUT2D eigenvalue weighted by Crippen LogP contribution is 2.32. The van der Waals surface area contributed by atoms with Crippen LogP contribution in [0.1, 0.15) is 11.1 Å². The van der Waals surface area contributed by atoms with Gasteiger partial charge >= 0.3 is 0 Å². The summed E-state index contributed by atoms with van der Waals surface area (Å²) in [7, 11) is 0. The van der Waals surface area contributed by atoms with Crippen LogP contribution in [0.15, 0.2) is 30.3 Å². The summed E-state index contributed by atoms with van der Waals surface area (Å²) in [6, 6.07) is 9.86. The van der Waals surface area contributed by atoms with E-state index in [0.717, 1.165) is 16.8 Å². The molecule has 0 unspecified atom stereocenters. The molecule has 0 N–H and O–H groups in total. The standard InChI is InChI=1S/C12H11Cl2N/c1-8-9(2)12(14)15(11(8)13)10-6-4-3-5-7-10/h3-7H,1-2H3. The van der Waals surface area contributed by atoms with Gasteiger partial charge in [0.15, 0.2) is 0 Å². The van der Waals surface area contributed by atoms with Crippen molar-refractivity contribution in [1.29, 1.82) is 0 Å². The summed E-state index contributed by atoms with van der Waals surface area (Å²) in [6.07, 6.45) is 0. The second-order valence-corrected chi connectivity index (χ2v) is 4.22. The van der Waals surface area contributed by atoms with E-state index >= 15 is 0 Å². The fourth-order valence-electron chi connectivity index (χ4n) is 1.53. The van der Waals surface area contributed by atoms with E-state index in [-0.39, 0.29) is 0 Å². The van der Waals surface area contributed by atoms with Crippen molar-refractivity contribution in [3.05, 3.63) is 51.8 Å². The molecule has 0 spiro atoms. The van der Waals surface area contributed by atoms with E-state index in [9.17, 15) is 0 Å². The lowest BCUT2D eigenvalue weighted by Crippen LogP contribution is -1.93. The van der Waals surface area contributed by atoms with Crippen LogP contribution in [0.4, 0.5) is 0 Å². The summed E-state index contributed by atoms with van der Waals surface area (Å²) in [5.74, 6) is 0. The number of para-hydroxylation sites is 1. The van der Waals surface area contributed by atoms with Crippen molar-refractivity contribution in [2.24, 2.45) is 0 Å². The van der Waals surface area contributed by atoms with E-state index < -0.39 is 0 Å². The Balaban J connectivity index is 2.69. The first kappa shape index (κ1) is 10.6. The molecule has 1 heterocycles. The fourth-order valence-corrected chi connectivity index (χ4v) is 2.23. The van der Waals surface area contributed by atoms with E-state index in [2.05, 4.69) is 0 Å². The molecule has 1 aromatic carbocycles.